The summed E-state index contributed by atoms with van der Waals surface area (Å²) in [6.45, 7) is 6.01. The van der Waals surface area contributed by atoms with Crippen LogP contribution >= 0.6 is 11.6 Å². The Morgan fingerprint density at radius 2 is 1.49 bits per heavy atom. The van der Waals surface area contributed by atoms with Gasteiger partial charge in [0.25, 0.3) is 5.91 Å². The van der Waals surface area contributed by atoms with Crippen LogP contribution < -0.4 is 16.8 Å². The molecule has 3 amide bonds. The molecule has 70 heavy (non-hydrogen) atoms. The van der Waals surface area contributed by atoms with Crippen LogP contribution in [0.5, 0.6) is 0 Å². The largest absolute Gasteiger partial charge is 0.448 e. The molecule has 0 saturated carbocycles. The van der Waals surface area contributed by atoms with E-state index in [1.807, 2.05) is 65.3 Å². The van der Waals surface area contributed by atoms with Crippen LogP contribution in [0, 0.1) is 18.8 Å². The first-order valence-electron chi connectivity index (χ1n) is 24.5. The van der Waals surface area contributed by atoms with Crippen molar-refractivity contribution < 1.29 is 44.7 Å². The van der Waals surface area contributed by atoms with E-state index in [1.165, 1.54) is 0 Å². The molecular weight excluding hydrogens is 916 g/mol. The van der Waals surface area contributed by atoms with Gasteiger partial charge in [-0.15, -0.1) is 0 Å². The van der Waals surface area contributed by atoms with E-state index < -0.39 is 43.0 Å². The second-order valence-electron chi connectivity index (χ2n) is 18.8. The third-order valence-electron chi connectivity index (χ3n) is 13.7. The minimum atomic E-state index is -1.74. The predicted octanol–water partition coefficient (Wildman–Crippen LogP) is 4.39. The first-order valence-corrected chi connectivity index (χ1v) is 24.9. The number of aliphatic hydroxyl groups excluding tert-OH is 5. The predicted molar refractivity (Wildman–Crippen MR) is 269 cm³/mol. The van der Waals surface area contributed by atoms with Crippen LogP contribution in [0.2, 0.25) is 5.15 Å². The number of nitrogen functional groups attached to an aromatic ring is 2. The summed E-state index contributed by atoms with van der Waals surface area (Å²) in [7, 11) is 0. The number of hydrogen-bond donors (Lipinski definition) is 8. The number of rotatable bonds is 25. The number of nitrogens with zero attached hydrogens (tertiary/aromatic N) is 5. The van der Waals surface area contributed by atoms with Gasteiger partial charge in [-0.25, -0.2) is 14.8 Å². The first kappa shape index (κ1) is 53.9. The van der Waals surface area contributed by atoms with Crippen LogP contribution in [0.4, 0.5) is 16.4 Å². The van der Waals surface area contributed by atoms with Gasteiger partial charge in [0.05, 0.1) is 12.7 Å². The smallest absolute Gasteiger partial charge is 0.409 e. The van der Waals surface area contributed by atoms with Gasteiger partial charge in [-0.1, -0.05) is 111 Å². The zero-order valence-corrected chi connectivity index (χ0v) is 41.1. The lowest BCUT2D eigenvalue weighted by Gasteiger charge is -2.36. The fraction of sp³-hybridized carbons (Fsp3) is 0.519. The second-order valence-corrected chi connectivity index (χ2v) is 19.1. The number of ether oxygens (including phenoxy) is 1. The summed E-state index contributed by atoms with van der Waals surface area (Å²) in [5, 5.41) is 53.4. The standard InChI is InChI=1S/C52H71ClN8O9/c1-3-4-5-12-22-59(30-42(63)46(66)47(67)43(64)31-62)23-21-44(65)60-24-19-34(20-25-60)28-61(52(69)70-32-41-39-17-10-8-15-37(39)38-16-9-11-18-40(38)41)29-35(26-36-14-7-6-13-33(36)2)27-56-51(68)45-49(54)58-50(55)48(53)57-45/h6-11,13-18,34-35,41-43,46-47,62-64,66-67H,3-5,12,19-32H2,1-2H3,(H,56,68)(H4,54,55,58). The van der Waals surface area contributed by atoms with Crippen molar-refractivity contribution in [3.63, 3.8) is 0 Å². The minimum Gasteiger partial charge on any atom is -0.448 e. The number of piperidine rings is 1. The summed E-state index contributed by atoms with van der Waals surface area (Å²) in [6.07, 6.45) is -1.15. The van der Waals surface area contributed by atoms with Crippen LogP contribution in [0.1, 0.15) is 90.5 Å². The molecule has 10 N–H and O–H groups in total. The highest BCUT2D eigenvalue weighted by Gasteiger charge is 2.34. The quantitative estimate of drug-likeness (QED) is 0.0429. The van der Waals surface area contributed by atoms with E-state index in [-0.39, 0.29) is 78.8 Å². The molecule has 17 nitrogen and oxygen atoms in total. The minimum absolute atomic E-state index is 0.0256. The molecule has 3 aromatic carbocycles. The lowest BCUT2D eigenvalue weighted by molar-refractivity contribution is -0.133. The van der Waals surface area contributed by atoms with E-state index in [9.17, 15) is 39.9 Å². The third kappa shape index (κ3) is 14.4. The number of nitrogens with one attached hydrogen (secondary N) is 1. The third-order valence-corrected chi connectivity index (χ3v) is 14.0. The fourth-order valence-electron chi connectivity index (χ4n) is 9.58. The lowest BCUT2D eigenvalue weighted by atomic mass is 9.93. The van der Waals surface area contributed by atoms with Crippen molar-refractivity contribution in [2.75, 3.05) is 77.0 Å². The van der Waals surface area contributed by atoms with E-state index in [1.54, 1.807) is 4.90 Å². The Morgan fingerprint density at radius 3 is 2.14 bits per heavy atom. The van der Waals surface area contributed by atoms with E-state index in [0.29, 0.717) is 52.0 Å². The average Bonchev–Trinajstić information content (AvgIpc) is 3.69. The van der Waals surface area contributed by atoms with Gasteiger partial charge in [0.2, 0.25) is 5.91 Å². The highest BCUT2D eigenvalue weighted by molar-refractivity contribution is 6.31. The van der Waals surface area contributed by atoms with Gasteiger partial charge in [0, 0.05) is 58.2 Å². The molecule has 0 bridgehead atoms. The molecule has 5 unspecified atom stereocenters. The van der Waals surface area contributed by atoms with Crippen molar-refractivity contribution in [2.45, 2.75) is 95.5 Å². The molecular formula is C52H71ClN8O9. The highest BCUT2D eigenvalue weighted by atomic mass is 35.5. The number of hydrogen-bond acceptors (Lipinski definition) is 14. The average molecular weight is 988 g/mol. The summed E-state index contributed by atoms with van der Waals surface area (Å²) >= 11 is 6.12. The molecule has 4 aromatic rings. The Bertz CT molecular complexity index is 2310. The topological polar surface area (TPSA) is 261 Å². The van der Waals surface area contributed by atoms with Crippen molar-refractivity contribution in [3.05, 3.63) is 106 Å². The van der Waals surface area contributed by atoms with E-state index in [2.05, 4.69) is 46.5 Å². The number of nitrogens with two attached hydrogens (primary N) is 2. The van der Waals surface area contributed by atoms with Crippen molar-refractivity contribution in [1.29, 1.82) is 0 Å². The molecule has 5 atom stereocenters. The molecule has 1 saturated heterocycles. The number of likely N-dealkylation sites (tertiary alicyclic amines) is 1. The van der Waals surface area contributed by atoms with Crippen molar-refractivity contribution >= 4 is 41.1 Å². The number of anilines is 2. The molecule has 6 rings (SSSR count). The number of halogens is 1. The molecule has 1 fully saturated rings. The monoisotopic (exact) mass is 987 g/mol. The number of benzene rings is 3. The van der Waals surface area contributed by atoms with Gasteiger partial charge < -0.3 is 61.8 Å². The molecule has 1 aliphatic carbocycles. The van der Waals surface area contributed by atoms with Crippen molar-refractivity contribution in [2.24, 2.45) is 11.8 Å². The van der Waals surface area contributed by atoms with Gasteiger partial charge in [0.15, 0.2) is 22.5 Å². The summed E-state index contributed by atoms with van der Waals surface area (Å²) in [6, 6.07) is 24.3. The molecule has 1 aliphatic heterocycles. The molecule has 1 aromatic heterocycles. The number of aryl methyl sites for hydroxylation is 1. The Balaban J connectivity index is 1.15. The lowest BCUT2D eigenvalue weighted by Crippen LogP contribution is -2.50. The Kier molecular flexibility index (Phi) is 20.2. The number of fused-ring (bicyclic) bond motifs is 3. The summed E-state index contributed by atoms with van der Waals surface area (Å²) in [5.74, 6) is -1.32. The van der Waals surface area contributed by atoms with Crippen LogP contribution in [-0.2, 0) is 16.0 Å². The molecule has 2 aliphatic rings. The first-order chi connectivity index (χ1) is 33.7. The second kappa shape index (κ2) is 26.2. The molecule has 0 spiro atoms. The number of aliphatic hydroxyl groups is 5. The summed E-state index contributed by atoms with van der Waals surface area (Å²) in [4.78, 5) is 55.3. The van der Waals surface area contributed by atoms with Gasteiger partial charge in [-0.05, 0) is 84.4 Å². The van der Waals surface area contributed by atoms with Gasteiger partial charge in [-0.2, -0.15) is 0 Å². The van der Waals surface area contributed by atoms with E-state index in [4.69, 9.17) is 27.8 Å². The van der Waals surface area contributed by atoms with Crippen molar-refractivity contribution in [1.82, 2.24) is 30.0 Å². The number of carbonyl (C=O) groups excluding carboxylic acids is 3. The number of unbranched alkanes of at least 4 members (excludes halogenated alkanes) is 3. The normalized spacial score (nSPS) is 16.0. The van der Waals surface area contributed by atoms with Gasteiger partial charge >= 0.3 is 6.09 Å². The maximum Gasteiger partial charge on any atom is 0.409 e. The van der Waals surface area contributed by atoms with Crippen LogP contribution in [-0.4, -0.2) is 158 Å². The maximum absolute atomic E-state index is 14.6. The van der Waals surface area contributed by atoms with Crippen LogP contribution in [0.15, 0.2) is 72.8 Å². The number of carbonyl (C=O) groups is 3. The highest BCUT2D eigenvalue weighted by Crippen LogP contribution is 2.44. The molecule has 2 heterocycles. The maximum atomic E-state index is 14.6. The van der Waals surface area contributed by atoms with Gasteiger partial charge in [0.1, 0.15) is 24.9 Å². The Labute approximate surface area is 415 Å². The van der Waals surface area contributed by atoms with Gasteiger partial charge in [-0.3, -0.25) is 9.59 Å². The zero-order valence-electron chi connectivity index (χ0n) is 40.3. The number of amides is 3. The Morgan fingerprint density at radius 1 is 0.843 bits per heavy atom. The van der Waals surface area contributed by atoms with Crippen LogP contribution in [0.3, 0.4) is 0 Å². The molecule has 0 radical (unpaired) electrons. The van der Waals surface area contributed by atoms with E-state index >= 15 is 0 Å². The summed E-state index contributed by atoms with van der Waals surface area (Å²) < 4.78 is 6.28. The Hall–Kier alpha value is -5.40. The van der Waals surface area contributed by atoms with E-state index in [0.717, 1.165) is 59.1 Å². The SMILES string of the molecule is CCCCCCN(CCC(=O)N1CCC(CN(CC(CNC(=O)c2nc(Cl)c(N)nc2N)Cc2ccccc2C)C(=O)OCC2c3ccccc3-c3ccccc32)CC1)CC(O)C(O)C(O)C(O)CO. The molecule has 380 valence electrons. The number of aromatic nitrogens is 2. The zero-order chi connectivity index (χ0) is 50.3. The molecule has 18 heteroatoms. The van der Waals surface area contributed by atoms with Crippen LogP contribution in [0.25, 0.3) is 11.1 Å². The summed E-state index contributed by atoms with van der Waals surface area (Å²) in [5.41, 5.74) is 18.2. The fourth-order valence-corrected chi connectivity index (χ4v) is 9.71. The van der Waals surface area contributed by atoms with Crippen molar-refractivity contribution in [3.8, 4) is 11.1 Å².